The number of carbonyl (C=O) groups excluding carboxylic acids is 2. The van der Waals surface area contributed by atoms with E-state index in [-0.39, 0.29) is 49.9 Å². The fourth-order valence-corrected chi connectivity index (χ4v) is 5.89. The van der Waals surface area contributed by atoms with Crippen LogP contribution < -0.4 is 4.90 Å². The zero-order valence-corrected chi connectivity index (χ0v) is 20.6. The molecule has 0 aliphatic carbocycles. The molecule has 1 fully saturated rings. The maximum Gasteiger partial charge on any atom is 0.471 e. The van der Waals surface area contributed by atoms with E-state index >= 15 is 0 Å². The van der Waals surface area contributed by atoms with Gasteiger partial charge in [-0.2, -0.15) is 17.5 Å². The normalized spacial score (nSPS) is 17.5. The topological polar surface area (TPSA) is 81.2 Å². The van der Waals surface area contributed by atoms with Gasteiger partial charge in [0.2, 0.25) is 15.9 Å². The van der Waals surface area contributed by atoms with E-state index in [1.807, 2.05) is 35.2 Å². The Balaban J connectivity index is 1.39. The van der Waals surface area contributed by atoms with E-state index < -0.39 is 22.1 Å². The number of fused-ring (bicyclic) bond motifs is 1. The molecule has 0 aromatic heterocycles. The van der Waals surface area contributed by atoms with Gasteiger partial charge in [-0.3, -0.25) is 14.5 Å². The van der Waals surface area contributed by atoms with Crippen LogP contribution >= 0.6 is 0 Å². The second kappa shape index (κ2) is 10.2. The predicted octanol–water partition coefficient (Wildman–Crippen LogP) is 2.10. The molecule has 8 nitrogen and oxygen atoms in total. The monoisotopic (exact) mass is 524 g/mol. The van der Waals surface area contributed by atoms with Gasteiger partial charge in [0.25, 0.3) is 0 Å². The summed E-state index contributed by atoms with van der Waals surface area (Å²) in [5.41, 5.74) is 1.89. The van der Waals surface area contributed by atoms with Crippen LogP contribution in [0.2, 0.25) is 0 Å². The van der Waals surface area contributed by atoms with Crippen molar-refractivity contribution in [2.45, 2.75) is 24.0 Å². The lowest BCUT2D eigenvalue weighted by Crippen LogP contribution is -2.51. The van der Waals surface area contributed by atoms with Gasteiger partial charge in [0.1, 0.15) is 0 Å². The van der Waals surface area contributed by atoms with Crippen LogP contribution in [0, 0.1) is 0 Å². The number of rotatable bonds is 5. The minimum atomic E-state index is -4.97. The number of carbonyl (C=O) groups is 2. The van der Waals surface area contributed by atoms with E-state index in [4.69, 9.17) is 0 Å². The van der Waals surface area contributed by atoms with Gasteiger partial charge in [0.05, 0.1) is 11.4 Å². The predicted molar refractivity (Wildman–Crippen MR) is 127 cm³/mol. The lowest BCUT2D eigenvalue weighted by atomic mass is 10.00. The van der Waals surface area contributed by atoms with Crippen LogP contribution in [0.4, 0.5) is 18.9 Å². The minimum Gasteiger partial charge on any atom is -0.330 e. The van der Waals surface area contributed by atoms with Crippen molar-refractivity contribution in [3.63, 3.8) is 0 Å². The largest absolute Gasteiger partial charge is 0.471 e. The highest BCUT2D eigenvalue weighted by Crippen LogP contribution is 2.28. The van der Waals surface area contributed by atoms with Gasteiger partial charge in [-0.05, 0) is 41.8 Å². The molecule has 0 radical (unpaired) electrons. The average molecular weight is 525 g/mol. The Labute approximate surface area is 207 Å². The van der Waals surface area contributed by atoms with Crippen LogP contribution in [0.3, 0.4) is 0 Å². The first-order valence-corrected chi connectivity index (χ1v) is 12.9. The molecule has 2 aliphatic rings. The molecule has 0 unspecified atom stereocenters. The highest BCUT2D eigenvalue weighted by atomic mass is 32.2. The number of alkyl halides is 3. The van der Waals surface area contributed by atoms with Gasteiger partial charge < -0.3 is 9.80 Å². The van der Waals surface area contributed by atoms with E-state index in [1.54, 1.807) is 18.0 Å². The Morgan fingerprint density at radius 2 is 1.61 bits per heavy atom. The first-order valence-electron chi connectivity index (χ1n) is 11.5. The molecule has 0 atom stereocenters. The van der Waals surface area contributed by atoms with Gasteiger partial charge in [-0.15, -0.1) is 0 Å². The number of hydrogen-bond acceptors (Lipinski definition) is 5. The minimum absolute atomic E-state index is 0.0177. The number of para-hydroxylation sites is 1. The molecule has 194 valence electrons. The molecule has 12 heteroatoms. The molecule has 2 aromatic carbocycles. The Kier molecular flexibility index (Phi) is 7.39. The van der Waals surface area contributed by atoms with E-state index in [1.165, 1.54) is 16.4 Å². The quantitative estimate of drug-likeness (QED) is 0.599. The van der Waals surface area contributed by atoms with Gasteiger partial charge >= 0.3 is 12.1 Å². The molecule has 2 aliphatic heterocycles. The average Bonchev–Trinajstić information content (AvgIpc) is 2.87. The first kappa shape index (κ1) is 26.1. The van der Waals surface area contributed by atoms with Gasteiger partial charge in [-0.1, -0.05) is 24.3 Å². The summed E-state index contributed by atoms with van der Waals surface area (Å²) in [6.45, 7) is 0.889. The molecular formula is C24H27F3N4O4S. The fraction of sp³-hybridized carbons (Fsp3) is 0.417. The van der Waals surface area contributed by atoms with E-state index in [0.29, 0.717) is 23.6 Å². The highest BCUT2D eigenvalue weighted by Gasteiger charge is 2.43. The van der Waals surface area contributed by atoms with Crippen LogP contribution in [-0.2, 0) is 32.6 Å². The third-order valence-electron chi connectivity index (χ3n) is 6.57. The fourth-order valence-electron chi connectivity index (χ4n) is 4.42. The summed E-state index contributed by atoms with van der Waals surface area (Å²) in [5, 5.41) is 0. The van der Waals surface area contributed by atoms with Gasteiger partial charge in [0, 0.05) is 52.0 Å². The van der Waals surface area contributed by atoms with Gasteiger partial charge in [-0.25, -0.2) is 8.42 Å². The highest BCUT2D eigenvalue weighted by molar-refractivity contribution is 7.89. The maximum absolute atomic E-state index is 13.2. The number of piperazine rings is 1. The molecule has 2 amide bonds. The van der Waals surface area contributed by atoms with Gasteiger partial charge in [0.15, 0.2) is 0 Å². The van der Waals surface area contributed by atoms with Crippen molar-refractivity contribution in [2.75, 3.05) is 51.2 Å². The SMILES string of the molecule is CN(C(=O)CN1CCN(S(=O)(=O)c2ccc3c(c2)CN(C(=O)C(F)(F)F)CC3)CC1)c1ccccc1. The summed E-state index contributed by atoms with van der Waals surface area (Å²) in [7, 11) is -2.19. The first-order chi connectivity index (χ1) is 17.0. The number of benzene rings is 2. The Hall–Kier alpha value is -2.96. The molecule has 4 rings (SSSR count). The second-order valence-corrected chi connectivity index (χ2v) is 10.8. The van der Waals surface area contributed by atoms with E-state index in [2.05, 4.69) is 0 Å². The lowest BCUT2D eigenvalue weighted by Gasteiger charge is -2.34. The summed E-state index contributed by atoms with van der Waals surface area (Å²) < 4.78 is 66.3. The second-order valence-electron chi connectivity index (χ2n) is 8.87. The van der Waals surface area contributed by atoms with Crippen LogP contribution in [0.15, 0.2) is 53.4 Å². The van der Waals surface area contributed by atoms with Crippen LogP contribution in [-0.4, -0.2) is 86.8 Å². The molecule has 0 N–H and O–H groups in total. The van der Waals surface area contributed by atoms with Crippen molar-refractivity contribution in [1.82, 2.24) is 14.1 Å². The molecule has 1 saturated heterocycles. The van der Waals surface area contributed by atoms with Crippen molar-refractivity contribution < 1.29 is 31.2 Å². The number of hydrogen-bond donors (Lipinski definition) is 0. The van der Waals surface area contributed by atoms with E-state index in [9.17, 15) is 31.2 Å². The van der Waals surface area contributed by atoms with Crippen molar-refractivity contribution >= 4 is 27.5 Å². The Morgan fingerprint density at radius 3 is 2.25 bits per heavy atom. The summed E-state index contributed by atoms with van der Waals surface area (Å²) in [5.74, 6) is -2.03. The Bertz CT molecular complexity index is 1230. The summed E-state index contributed by atoms with van der Waals surface area (Å²) in [4.78, 5) is 28.4. The number of amides is 2. The van der Waals surface area contributed by atoms with Crippen molar-refractivity contribution in [3.8, 4) is 0 Å². The van der Waals surface area contributed by atoms with Crippen molar-refractivity contribution in [2.24, 2.45) is 0 Å². The number of sulfonamides is 1. The number of anilines is 1. The van der Waals surface area contributed by atoms with E-state index in [0.717, 1.165) is 11.3 Å². The summed E-state index contributed by atoms with van der Waals surface area (Å²) in [6.07, 6.45) is -4.75. The van der Waals surface area contributed by atoms with Crippen LogP contribution in [0.1, 0.15) is 11.1 Å². The summed E-state index contributed by atoms with van der Waals surface area (Å²) >= 11 is 0. The number of halogens is 3. The Morgan fingerprint density at radius 1 is 0.944 bits per heavy atom. The number of likely N-dealkylation sites (N-methyl/N-ethyl adjacent to an activating group) is 1. The lowest BCUT2D eigenvalue weighted by molar-refractivity contribution is -0.186. The molecule has 2 heterocycles. The molecule has 2 aromatic rings. The smallest absolute Gasteiger partial charge is 0.330 e. The maximum atomic E-state index is 13.2. The molecular weight excluding hydrogens is 497 g/mol. The number of nitrogens with zero attached hydrogens (tertiary/aromatic N) is 4. The molecule has 0 bridgehead atoms. The molecule has 0 saturated carbocycles. The standard InChI is InChI=1S/C24H27F3N4O4S/c1-28(20-5-3-2-4-6-20)22(32)17-29-11-13-31(14-12-29)36(34,35)21-8-7-18-9-10-30(16-19(18)15-21)23(33)24(25,26)27/h2-8,15H,9-14,16-17H2,1H3. The third-order valence-corrected chi connectivity index (χ3v) is 8.46. The van der Waals surface area contributed by atoms with Crippen LogP contribution in [0.5, 0.6) is 0 Å². The molecule has 0 spiro atoms. The summed E-state index contributed by atoms with van der Waals surface area (Å²) in [6, 6.07) is 13.6. The molecule has 36 heavy (non-hydrogen) atoms. The van der Waals surface area contributed by atoms with Crippen molar-refractivity contribution in [1.29, 1.82) is 0 Å². The van der Waals surface area contributed by atoms with Crippen LogP contribution in [0.25, 0.3) is 0 Å². The zero-order chi connectivity index (χ0) is 26.1. The third kappa shape index (κ3) is 5.55. The zero-order valence-electron chi connectivity index (χ0n) is 19.7. The van der Waals surface area contributed by atoms with Crippen molar-refractivity contribution in [3.05, 3.63) is 59.7 Å².